The minimum absolute atomic E-state index is 0.0154. The molecule has 7 nitrogen and oxygen atoms in total. The van der Waals surface area contributed by atoms with Gasteiger partial charge in [-0.15, -0.1) is 5.10 Å². The summed E-state index contributed by atoms with van der Waals surface area (Å²) in [5, 5.41) is 4.44. The van der Waals surface area contributed by atoms with Crippen molar-refractivity contribution in [3.8, 4) is 6.01 Å². The Kier molecular flexibility index (Phi) is 5.37. The summed E-state index contributed by atoms with van der Waals surface area (Å²) >= 11 is 0. The first kappa shape index (κ1) is 19.9. The number of alkyl halides is 3. The van der Waals surface area contributed by atoms with Crippen LogP contribution in [0.2, 0.25) is 0 Å². The number of hydrogen-bond donors (Lipinski definition) is 0. The Morgan fingerprint density at radius 1 is 1.28 bits per heavy atom. The van der Waals surface area contributed by atoms with Crippen molar-refractivity contribution in [1.29, 1.82) is 0 Å². The van der Waals surface area contributed by atoms with E-state index in [9.17, 15) is 18.0 Å². The van der Waals surface area contributed by atoms with Crippen LogP contribution in [0, 0.1) is 11.8 Å². The van der Waals surface area contributed by atoms with Crippen molar-refractivity contribution in [2.24, 2.45) is 18.9 Å². The molecule has 1 aliphatic carbocycles. The molecule has 2 aromatic rings. The summed E-state index contributed by atoms with van der Waals surface area (Å²) in [6, 6.07) is 0.132. The molecule has 1 aliphatic heterocycles. The van der Waals surface area contributed by atoms with E-state index < -0.39 is 12.1 Å². The number of ether oxygens (including phenoxy) is 2. The van der Waals surface area contributed by atoms with Gasteiger partial charge in [0.25, 0.3) is 5.56 Å². The molecule has 0 N–H and O–H groups in total. The molecule has 29 heavy (non-hydrogen) atoms. The maximum absolute atomic E-state index is 12.8. The Labute approximate surface area is 165 Å². The molecule has 0 atom stereocenters. The third kappa shape index (κ3) is 4.03. The van der Waals surface area contributed by atoms with E-state index in [0.717, 1.165) is 5.57 Å². The van der Waals surface area contributed by atoms with E-state index >= 15 is 0 Å². The fourth-order valence-electron chi connectivity index (χ4n) is 3.93. The number of fused-ring (bicyclic) bond motifs is 1. The normalized spacial score (nSPS) is 23.2. The summed E-state index contributed by atoms with van der Waals surface area (Å²) in [6.45, 7) is 1.30. The number of nitrogens with zero attached hydrogens (tertiary/aromatic N) is 4. The van der Waals surface area contributed by atoms with E-state index in [1.165, 1.54) is 15.3 Å². The van der Waals surface area contributed by atoms with E-state index in [1.54, 1.807) is 7.05 Å². The molecule has 0 bridgehead atoms. The van der Waals surface area contributed by atoms with Crippen molar-refractivity contribution >= 4 is 11.1 Å². The van der Waals surface area contributed by atoms with Gasteiger partial charge in [0.1, 0.15) is 0 Å². The fraction of sp³-hybridized carbons (Fsp3) is 0.632. The molecule has 0 unspecified atom stereocenters. The first-order valence-electron chi connectivity index (χ1n) is 9.76. The lowest BCUT2D eigenvalue weighted by atomic mass is 9.82. The van der Waals surface area contributed by atoms with Gasteiger partial charge in [-0.2, -0.15) is 13.2 Å². The first-order chi connectivity index (χ1) is 13.8. The minimum atomic E-state index is -4.13. The summed E-state index contributed by atoms with van der Waals surface area (Å²) in [5.41, 5.74) is 1.00. The zero-order valence-electron chi connectivity index (χ0n) is 16.1. The van der Waals surface area contributed by atoms with Gasteiger partial charge >= 0.3 is 12.2 Å². The lowest BCUT2D eigenvalue weighted by Crippen LogP contribution is -2.30. The van der Waals surface area contributed by atoms with Gasteiger partial charge < -0.3 is 9.47 Å². The van der Waals surface area contributed by atoms with Gasteiger partial charge in [0, 0.05) is 7.05 Å². The van der Waals surface area contributed by atoms with E-state index in [-0.39, 0.29) is 36.9 Å². The highest BCUT2D eigenvalue weighted by Crippen LogP contribution is 2.39. The van der Waals surface area contributed by atoms with Crippen LogP contribution in [-0.2, 0) is 11.8 Å². The van der Waals surface area contributed by atoms with E-state index in [1.807, 2.05) is 6.08 Å². The highest BCUT2D eigenvalue weighted by molar-refractivity contribution is 5.64. The molecule has 0 aromatic carbocycles. The number of halogens is 3. The Bertz CT molecular complexity index is 971. The van der Waals surface area contributed by atoms with Crippen molar-refractivity contribution in [3.05, 3.63) is 28.5 Å². The second-order valence-corrected chi connectivity index (χ2v) is 7.65. The van der Waals surface area contributed by atoms with Crippen LogP contribution in [-0.4, -0.2) is 45.2 Å². The molecule has 158 valence electrons. The predicted molar refractivity (Wildman–Crippen MR) is 98.6 cm³/mol. The maximum Gasteiger partial charge on any atom is 0.391 e. The lowest BCUT2D eigenvalue weighted by Gasteiger charge is -2.29. The van der Waals surface area contributed by atoms with E-state index in [4.69, 9.17) is 9.47 Å². The highest BCUT2D eigenvalue weighted by atomic mass is 19.4. The summed E-state index contributed by atoms with van der Waals surface area (Å²) in [4.78, 5) is 17.0. The van der Waals surface area contributed by atoms with E-state index in [0.29, 0.717) is 43.8 Å². The topological polar surface area (TPSA) is 70.7 Å². The summed E-state index contributed by atoms with van der Waals surface area (Å²) in [7, 11) is 1.56. The zero-order valence-corrected chi connectivity index (χ0v) is 16.1. The first-order valence-corrected chi connectivity index (χ1v) is 9.76. The molecular formula is C19H23F3N4O3. The Hall–Kier alpha value is -2.36. The van der Waals surface area contributed by atoms with Gasteiger partial charge in [-0.25, -0.2) is 9.50 Å². The summed E-state index contributed by atoms with van der Waals surface area (Å²) in [5.74, 6) is -0.628. The quantitative estimate of drug-likeness (QED) is 0.772. The van der Waals surface area contributed by atoms with E-state index in [2.05, 4.69) is 10.1 Å². The Balaban J connectivity index is 1.51. The third-order valence-electron chi connectivity index (χ3n) is 5.74. The predicted octanol–water partition coefficient (Wildman–Crippen LogP) is 2.98. The zero-order chi connectivity index (χ0) is 20.6. The average Bonchev–Trinajstić information content (AvgIpc) is 3.14. The number of imidazole rings is 1. The van der Waals surface area contributed by atoms with Crippen LogP contribution in [0.4, 0.5) is 13.2 Å². The van der Waals surface area contributed by atoms with Crippen LogP contribution in [0.5, 0.6) is 6.01 Å². The maximum atomic E-state index is 12.8. The Morgan fingerprint density at radius 3 is 2.69 bits per heavy atom. The van der Waals surface area contributed by atoms with Gasteiger partial charge in [0.2, 0.25) is 0 Å². The third-order valence-corrected chi connectivity index (χ3v) is 5.74. The van der Waals surface area contributed by atoms with Crippen LogP contribution >= 0.6 is 0 Å². The van der Waals surface area contributed by atoms with Gasteiger partial charge in [-0.05, 0) is 43.6 Å². The molecule has 10 heteroatoms. The fourth-order valence-corrected chi connectivity index (χ4v) is 3.93. The minimum Gasteiger partial charge on any atom is -0.463 e. The molecule has 0 spiro atoms. The number of aromatic nitrogens is 4. The second kappa shape index (κ2) is 7.81. The number of hydrogen-bond acceptors (Lipinski definition) is 5. The van der Waals surface area contributed by atoms with Crippen molar-refractivity contribution < 1.29 is 22.6 Å². The average molecular weight is 412 g/mol. The molecule has 0 amide bonds. The van der Waals surface area contributed by atoms with Gasteiger partial charge in [0.05, 0.1) is 31.9 Å². The largest absolute Gasteiger partial charge is 0.463 e. The van der Waals surface area contributed by atoms with Gasteiger partial charge in [-0.3, -0.25) is 9.36 Å². The number of rotatable bonds is 4. The van der Waals surface area contributed by atoms with Crippen LogP contribution in [0.3, 0.4) is 0 Å². The SMILES string of the molecule is Cn1c(OCC2CCC(C(F)(F)F)CC2)nn2c(C3=CCOCC3)ncc2c1=O. The molecular weight excluding hydrogens is 389 g/mol. The van der Waals surface area contributed by atoms with Crippen LogP contribution < -0.4 is 10.3 Å². The molecule has 3 heterocycles. The van der Waals surface area contributed by atoms with Gasteiger partial charge in [-0.1, -0.05) is 6.08 Å². The molecule has 2 aliphatic rings. The lowest BCUT2D eigenvalue weighted by molar-refractivity contribution is -0.184. The molecule has 4 rings (SSSR count). The molecule has 1 saturated carbocycles. The van der Waals surface area contributed by atoms with Crippen molar-refractivity contribution in [2.75, 3.05) is 19.8 Å². The Morgan fingerprint density at radius 2 is 2.03 bits per heavy atom. The smallest absolute Gasteiger partial charge is 0.391 e. The molecule has 1 fully saturated rings. The van der Waals surface area contributed by atoms with Crippen LogP contribution in [0.1, 0.15) is 37.9 Å². The highest BCUT2D eigenvalue weighted by Gasteiger charge is 2.41. The monoisotopic (exact) mass is 412 g/mol. The molecule has 0 saturated heterocycles. The van der Waals surface area contributed by atoms with Crippen molar-refractivity contribution in [2.45, 2.75) is 38.3 Å². The van der Waals surface area contributed by atoms with Gasteiger partial charge in [0.15, 0.2) is 11.3 Å². The summed E-state index contributed by atoms with van der Waals surface area (Å²) in [6.07, 6.45) is 1.08. The van der Waals surface area contributed by atoms with Crippen molar-refractivity contribution in [1.82, 2.24) is 19.2 Å². The standard InChI is InChI=1S/C19H23F3N4O3/c1-25-17(27)15-10-23-16(13-6-8-28-9-7-13)26(15)24-18(25)29-11-12-2-4-14(5-3-12)19(20,21)22/h6,10,12,14H,2-5,7-9,11H2,1H3. The molecule has 0 radical (unpaired) electrons. The second-order valence-electron chi connectivity index (χ2n) is 7.65. The molecule has 2 aromatic heterocycles. The van der Waals surface area contributed by atoms with Crippen molar-refractivity contribution in [3.63, 3.8) is 0 Å². The van der Waals surface area contributed by atoms with Crippen LogP contribution in [0.25, 0.3) is 11.1 Å². The summed E-state index contributed by atoms with van der Waals surface area (Å²) < 4.78 is 52.4. The van der Waals surface area contributed by atoms with Crippen LogP contribution in [0.15, 0.2) is 17.1 Å².